The molecule has 1 fully saturated rings. The highest BCUT2D eigenvalue weighted by atomic mass is 16.6. The molecule has 0 aromatic carbocycles. The van der Waals surface area contributed by atoms with Crippen LogP contribution in [0.2, 0.25) is 0 Å². The van der Waals surface area contributed by atoms with Crippen LogP contribution in [-0.4, -0.2) is 81.7 Å². The van der Waals surface area contributed by atoms with E-state index in [2.05, 4.69) is 15.0 Å². The van der Waals surface area contributed by atoms with Crippen molar-refractivity contribution < 1.29 is 20.1 Å². The number of aliphatic hydroxyl groups is 3. The molecule has 3 rings (SSSR count). The van der Waals surface area contributed by atoms with Crippen LogP contribution in [-0.2, 0) is 4.74 Å². The number of amidine groups is 1. The molecule has 0 aromatic heterocycles. The first-order valence-electron chi connectivity index (χ1n) is 6.13. The van der Waals surface area contributed by atoms with Crippen molar-refractivity contribution in [3.63, 3.8) is 0 Å². The predicted octanol–water partition coefficient (Wildman–Crippen LogP) is -3.85. The number of aliphatic hydroxyl groups excluding tert-OH is 3. The first-order valence-corrected chi connectivity index (χ1v) is 6.13. The summed E-state index contributed by atoms with van der Waals surface area (Å²) in [5, 5.41) is 28.9. The zero-order valence-electron chi connectivity index (χ0n) is 10.4. The molecule has 1 saturated heterocycles. The van der Waals surface area contributed by atoms with Crippen LogP contribution in [0.25, 0.3) is 0 Å². The lowest BCUT2D eigenvalue weighted by atomic mass is 10.1. The summed E-state index contributed by atoms with van der Waals surface area (Å²) in [4.78, 5) is 13.6. The fourth-order valence-electron chi connectivity index (χ4n) is 2.53. The maximum atomic E-state index is 10.0. The van der Waals surface area contributed by atoms with E-state index >= 15 is 0 Å². The minimum atomic E-state index is -1.20. The van der Waals surface area contributed by atoms with E-state index in [1.165, 1.54) is 11.2 Å². The second-order valence-electron chi connectivity index (χ2n) is 4.82. The van der Waals surface area contributed by atoms with Gasteiger partial charge in [-0.25, -0.2) is 4.99 Å². The summed E-state index contributed by atoms with van der Waals surface area (Å²) in [6.07, 6.45) is -3.28. The molecule has 0 saturated carbocycles. The van der Waals surface area contributed by atoms with Gasteiger partial charge in [0, 0.05) is 0 Å². The van der Waals surface area contributed by atoms with Crippen LogP contribution in [0.15, 0.2) is 15.0 Å². The molecule has 6 atom stereocenters. The third kappa shape index (κ3) is 1.85. The number of aliphatic imine (C=N–C) groups is 3. The molecule has 0 spiro atoms. The Labute approximate surface area is 114 Å². The number of nitrogens with two attached hydrogens (primary N) is 2. The SMILES string of the molecule is NC1=NC2C(N=CN2[C@@H]2O[C@H](CO)C(O)C2O)C(N)=N1. The molecule has 110 valence electrons. The Morgan fingerprint density at radius 2 is 2.05 bits per heavy atom. The van der Waals surface area contributed by atoms with Crippen molar-refractivity contribution in [2.24, 2.45) is 26.4 Å². The van der Waals surface area contributed by atoms with Gasteiger partial charge >= 0.3 is 0 Å². The average molecular weight is 284 g/mol. The summed E-state index contributed by atoms with van der Waals surface area (Å²) in [6.45, 7) is -0.400. The van der Waals surface area contributed by atoms with Crippen molar-refractivity contribution in [1.29, 1.82) is 0 Å². The van der Waals surface area contributed by atoms with Crippen molar-refractivity contribution >= 4 is 18.1 Å². The smallest absolute Gasteiger partial charge is 0.219 e. The summed E-state index contributed by atoms with van der Waals surface area (Å²) < 4.78 is 5.43. The van der Waals surface area contributed by atoms with Crippen LogP contribution in [0, 0.1) is 0 Å². The number of hydrogen-bond acceptors (Lipinski definition) is 10. The summed E-state index contributed by atoms with van der Waals surface area (Å²) in [5.74, 6) is 0.249. The molecule has 3 aliphatic heterocycles. The lowest BCUT2D eigenvalue weighted by Gasteiger charge is -2.32. The van der Waals surface area contributed by atoms with Crippen molar-refractivity contribution in [2.75, 3.05) is 6.61 Å². The number of guanidine groups is 1. The zero-order valence-corrected chi connectivity index (χ0v) is 10.4. The van der Waals surface area contributed by atoms with Crippen molar-refractivity contribution in [3.05, 3.63) is 0 Å². The molecule has 10 heteroatoms. The van der Waals surface area contributed by atoms with E-state index in [0.29, 0.717) is 0 Å². The summed E-state index contributed by atoms with van der Waals surface area (Å²) in [7, 11) is 0. The first kappa shape index (κ1) is 13.2. The predicted molar refractivity (Wildman–Crippen MR) is 68.9 cm³/mol. The topological polar surface area (TPSA) is 162 Å². The van der Waals surface area contributed by atoms with Crippen LogP contribution in [0.5, 0.6) is 0 Å². The van der Waals surface area contributed by atoms with Gasteiger partial charge in [-0.15, -0.1) is 0 Å². The Morgan fingerprint density at radius 1 is 1.30 bits per heavy atom. The summed E-state index contributed by atoms with van der Waals surface area (Å²) in [5.41, 5.74) is 11.3. The van der Waals surface area contributed by atoms with Crippen LogP contribution in [0.4, 0.5) is 0 Å². The lowest BCUT2D eigenvalue weighted by Crippen LogP contribution is -2.52. The molecule has 0 amide bonds. The molecule has 20 heavy (non-hydrogen) atoms. The summed E-state index contributed by atoms with van der Waals surface area (Å²) in [6, 6.07) is -0.497. The van der Waals surface area contributed by atoms with E-state index in [1.54, 1.807) is 0 Å². The van der Waals surface area contributed by atoms with E-state index in [0.717, 1.165) is 0 Å². The Bertz CT molecular complexity index is 494. The lowest BCUT2D eigenvalue weighted by molar-refractivity contribution is -0.0778. The molecule has 0 radical (unpaired) electrons. The maximum Gasteiger partial charge on any atom is 0.219 e. The molecular weight excluding hydrogens is 268 g/mol. The Hall–Kier alpha value is -1.75. The Balaban J connectivity index is 1.83. The van der Waals surface area contributed by atoms with Gasteiger partial charge in [0.15, 0.2) is 12.4 Å². The van der Waals surface area contributed by atoms with Gasteiger partial charge in [0.2, 0.25) is 5.96 Å². The van der Waals surface area contributed by atoms with Gasteiger partial charge in [-0.2, -0.15) is 4.99 Å². The number of fused-ring (bicyclic) bond motifs is 1. The first-order chi connectivity index (χ1) is 9.52. The highest BCUT2D eigenvalue weighted by Gasteiger charge is 2.49. The van der Waals surface area contributed by atoms with Gasteiger partial charge in [0.25, 0.3) is 0 Å². The number of rotatable bonds is 2. The van der Waals surface area contributed by atoms with E-state index in [-0.39, 0.29) is 11.8 Å². The van der Waals surface area contributed by atoms with E-state index in [4.69, 9.17) is 21.3 Å². The summed E-state index contributed by atoms with van der Waals surface area (Å²) >= 11 is 0. The standard InChI is InChI=1S/C10H16N6O4/c11-7-4-8(15-10(12)14-7)16(2-13-4)9-6(19)5(18)3(1-17)20-9/h2-6,8-9,17-19H,1H2,(H4,11,12,14,15)/t3-,4?,5?,6?,8?,9-/m1/s1. The fourth-order valence-corrected chi connectivity index (χ4v) is 2.53. The van der Waals surface area contributed by atoms with Crippen LogP contribution >= 0.6 is 0 Å². The van der Waals surface area contributed by atoms with Gasteiger partial charge in [0.1, 0.15) is 30.2 Å². The molecule has 0 bridgehead atoms. The normalized spacial score (nSPS) is 43.5. The fraction of sp³-hybridized carbons (Fsp3) is 0.700. The van der Waals surface area contributed by atoms with E-state index < -0.39 is 43.4 Å². The van der Waals surface area contributed by atoms with Crippen molar-refractivity contribution in [2.45, 2.75) is 36.7 Å². The largest absolute Gasteiger partial charge is 0.394 e. The Kier molecular flexibility index (Phi) is 3.09. The number of hydrogen-bond donors (Lipinski definition) is 5. The number of ether oxygens (including phenoxy) is 1. The molecular formula is C10H16N6O4. The van der Waals surface area contributed by atoms with Gasteiger partial charge < -0.3 is 36.4 Å². The monoisotopic (exact) mass is 284 g/mol. The Morgan fingerprint density at radius 3 is 2.70 bits per heavy atom. The second kappa shape index (κ2) is 4.66. The maximum absolute atomic E-state index is 10.0. The van der Waals surface area contributed by atoms with Gasteiger partial charge in [0.05, 0.1) is 12.9 Å². The van der Waals surface area contributed by atoms with E-state index in [1.807, 2.05) is 0 Å². The number of nitrogens with zero attached hydrogens (tertiary/aromatic N) is 4. The van der Waals surface area contributed by atoms with E-state index in [9.17, 15) is 10.2 Å². The molecule has 0 aliphatic carbocycles. The average Bonchev–Trinajstić information content (AvgIpc) is 2.93. The molecule has 0 aromatic rings. The molecule has 10 nitrogen and oxygen atoms in total. The van der Waals surface area contributed by atoms with Crippen LogP contribution in [0.1, 0.15) is 0 Å². The highest BCUT2D eigenvalue weighted by Crippen LogP contribution is 2.29. The minimum absolute atomic E-state index is 0.0194. The van der Waals surface area contributed by atoms with Gasteiger partial charge in [-0.1, -0.05) is 0 Å². The quantitative estimate of drug-likeness (QED) is 0.346. The molecule has 4 unspecified atom stereocenters. The highest BCUT2D eigenvalue weighted by molar-refractivity contribution is 6.01. The molecule has 3 aliphatic rings. The van der Waals surface area contributed by atoms with Crippen molar-refractivity contribution in [1.82, 2.24) is 4.90 Å². The third-order valence-electron chi connectivity index (χ3n) is 3.57. The van der Waals surface area contributed by atoms with Crippen LogP contribution < -0.4 is 11.5 Å². The third-order valence-corrected chi connectivity index (χ3v) is 3.57. The van der Waals surface area contributed by atoms with Crippen LogP contribution in [0.3, 0.4) is 0 Å². The zero-order chi connectivity index (χ0) is 14.4. The van der Waals surface area contributed by atoms with Crippen molar-refractivity contribution in [3.8, 4) is 0 Å². The molecule has 7 N–H and O–H groups in total. The minimum Gasteiger partial charge on any atom is -0.394 e. The van der Waals surface area contributed by atoms with Gasteiger partial charge in [-0.3, -0.25) is 4.99 Å². The second-order valence-corrected chi connectivity index (χ2v) is 4.82. The molecule has 3 heterocycles. The van der Waals surface area contributed by atoms with Gasteiger partial charge in [-0.05, 0) is 0 Å².